The number of aryl methyl sites for hydroxylation is 1. The highest BCUT2D eigenvalue weighted by Gasteiger charge is 2.23. The predicted molar refractivity (Wildman–Crippen MR) is 104 cm³/mol. The normalized spacial score (nSPS) is 17.9. The lowest BCUT2D eigenvalue weighted by Crippen LogP contribution is -2.49. The molecule has 0 aliphatic carbocycles. The van der Waals surface area contributed by atoms with Crippen molar-refractivity contribution < 1.29 is 9.53 Å². The van der Waals surface area contributed by atoms with Crippen LogP contribution in [0.5, 0.6) is 0 Å². The fourth-order valence-electron chi connectivity index (χ4n) is 3.51. The van der Waals surface area contributed by atoms with Gasteiger partial charge in [-0.2, -0.15) is 5.10 Å². The zero-order chi connectivity index (χ0) is 18.6. The molecule has 1 amide bonds. The van der Waals surface area contributed by atoms with Gasteiger partial charge in [-0.25, -0.2) is 0 Å². The van der Waals surface area contributed by atoms with E-state index in [2.05, 4.69) is 26.1 Å². The quantitative estimate of drug-likeness (QED) is 0.821. The Hall–Kier alpha value is -2.67. The lowest BCUT2D eigenvalue weighted by atomic mass is 10.1. The molecule has 4 rings (SSSR count). The molecule has 1 aromatic carbocycles. The molecule has 2 saturated heterocycles. The summed E-state index contributed by atoms with van der Waals surface area (Å²) in [7, 11) is 0. The molecule has 0 unspecified atom stereocenters. The van der Waals surface area contributed by atoms with Crippen molar-refractivity contribution in [2.24, 2.45) is 0 Å². The van der Waals surface area contributed by atoms with Crippen LogP contribution in [0.15, 0.2) is 36.5 Å². The first-order chi connectivity index (χ1) is 13.2. The number of benzene rings is 1. The van der Waals surface area contributed by atoms with E-state index < -0.39 is 0 Å². The van der Waals surface area contributed by atoms with Crippen LogP contribution in [0.25, 0.3) is 0 Å². The van der Waals surface area contributed by atoms with Crippen LogP contribution in [0.3, 0.4) is 0 Å². The first-order valence-electron chi connectivity index (χ1n) is 9.47. The van der Waals surface area contributed by atoms with Crippen LogP contribution in [0.2, 0.25) is 0 Å². The number of amides is 1. The molecule has 7 nitrogen and oxygen atoms in total. The number of anilines is 2. The third kappa shape index (κ3) is 4.03. The number of piperazine rings is 1. The summed E-state index contributed by atoms with van der Waals surface area (Å²) >= 11 is 0. The van der Waals surface area contributed by atoms with Gasteiger partial charge in [0.1, 0.15) is 0 Å². The second-order valence-corrected chi connectivity index (χ2v) is 7.02. The Labute approximate surface area is 159 Å². The average Bonchev–Trinajstić information content (AvgIpc) is 2.75. The second kappa shape index (κ2) is 7.92. The Morgan fingerprint density at radius 3 is 2.37 bits per heavy atom. The minimum atomic E-state index is 0.0998. The van der Waals surface area contributed by atoms with Crippen LogP contribution in [-0.2, 0) is 4.74 Å². The van der Waals surface area contributed by atoms with Gasteiger partial charge in [-0.15, -0.1) is 5.10 Å². The molecule has 2 aliphatic rings. The Balaban J connectivity index is 1.39. The van der Waals surface area contributed by atoms with Crippen molar-refractivity contribution in [1.29, 1.82) is 0 Å². The summed E-state index contributed by atoms with van der Waals surface area (Å²) in [4.78, 5) is 19.1. The summed E-state index contributed by atoms with van der Waals surface area (Å²) in [5, 5.41) is 8.50. The van der Waals surface area contributed by atoms with E-state index in [1.165, 1.54) is 0 Å². The van der Waals surface area contributed by atoms with E-state index in [1.54, 1.807) is 0 Å². The van der Waals surface area contributed by atoms with E-state index in [1.807, 2.05) is 42.3 Å². The van der Waals surface area contributed by atoms with Crippen LogP contribution in [0.4, 0.5) is 11.5 Å². The number of aromatic nitrogens is 2. The fourth-order valence-corrected chi connectivity index (χ4v) is 3.51. The molecule has 0 atom stereocenters. The van der Waals surface area contributed by atoms with E-state index in [-0.39, 0.29) is 5.91 Å². The molecule has 7 heteroatoms. The highest BCUT2D eigenvalue weighted by atomic mass is 16.5. The number of hydrogen-bond acceptors (Lipinski definition) is 6. The van der Waals surface area contributed by atoms with E-state index in [0.29, 0.717) is 13.1 Å². The van der Waals surface area contributed by atoms with Crippen LogP contribution < -0.4 is 9.80 Å². The molecule has 3 heterocycles. The largest absolute Gasteiger partial charge is 0.378 e. The highest BCUT2D eigenvalue weighted by molar-refractivity contribution is 5.94. The topological polar surface area (TPSA) is 61.8 Å². The first-order valence-corrected chi connectivity index (χ1v) is 9.47. The monoisotopic (exact) mass is 367 g/mol. The third-order valence-corrected chi connectivity index (χ3v) is 5.19. The van der Waals surface area contributed by atoms with Crippen molar-refractivity contribution in [2.75, 3.05) is 62.3 Å². The minimum absolute atomic E-state index is 0.0998. The van der Waals surface area contributed by atoms with Crippen molar-refractivity contribution in [3.8, 4) is 0 Å². The summed E-state index contributed by atoms with van der Waals surface area (Å²) < 4.78 is 5.42. The molecule has 2 aromatic rings. The molecule has 2 aliphatic heterocycles. The van der Waals surface area contributed by atoms with Gasteiger partial charge in [-0.05, 0) is 19.1 Å². The molecule has 0 saturated carbocycles. The van der Waals surface area contributed by atoms with Crippen LogP contribution >= 0.6 is 0 Å². The molecule has 27 heavy (non-hydrogen) atoms. The van der Waals surface area contributed by atoms with Gasteiger partial charge in [0.05, 0.1) is 25.1 Å². The number of morpholine rings is 1. The molecule has 0 radical (unpaired) electrons. The van der Waals surface area contributed by atoms with E-state index >= 15 is 0 Å². The molecule has 0 spiro atoms. The summed E-state index contributed by atoms with van der Waals surface area (Å²) in [6.45, 7) is 8.19. The highest BCUT2D eigenvalue weighted by Crippen LogP contribution is 2.21. The van der Waals surface area contributed by atoms with Gasteiger partial charge < -0.3 is 19.4 Å². The average molecular weight is 367 g/mol. The number of rotatable bonds is 3. The minimum Gasteiger partial charge on any atom is -0.378 e. The predicted octanol–water partition coefficient (Wildman–Crippen LogP) is 1.58. The van der Waals surface area contributed by atoms with E-state index in [4.69, 9.17) is 4.74 Å². The van der Waals surface area contributed by atoms with Crippen molar-refractivity contribution >= 4 is 17.4 Å². The number of carbonyl (C=O) groups excluding carboxylic acids is 1. The molecular weight excluding hydrogens is 342 g/mol. The maximum atomic E-state index is 12.7. The lowest BCUT2D eigenvalue weighted by molar-refractivity contribution is 0.0746. The Bertz CT molecular complexity index is 781. The van der Waals surface area contributed by atoms with Gasteiger partial charge >= 0.3 is 0 Å². The molecule has 2 fully saturated rings. The van der Waals surface area contributed by atoms with Gasteiger partial charge in [-0.3, -0.25) is 4.79 Å². The van der Waals surface area contributed by atoms with E-state index in [0.717, 1.165) is 62.0 Å². The molecule has 1 aromatic heterocycles. The van der Waals surface area contributed by atoms with Crippen LogP contribution in [0, 0.1) is 6.92 Å². The zero-order valence-electron chi connectivity index (χ0n) is 15.7. The Morgan fingerprint density at radius 2 is 1.67 bits per heavy atom. The molecule has 142 valence electrons. The van der Waals surface area contributed by atoms with Gasteiger partial charge in [0.15, 0.2) is 5.82 Å². The Kier molecular flexibility index (Phi) is 5.20. The van der Waals surface area contributed by atoms with Gasteiger partial charge in [0, 0.05) is 50.9 Å². The van der Waals surface area contributed by atoms with Gasteiger partial charge in [0.25, 0.3) is 5.91 Å². The van der Waals surface area contributed by atoms with E-state index in [9.17, 15) is 4.79 Å². The second-order valence-electron chi connectivity index (χ2n) is 7.02. The van der Waals surface area contributed by atoms with Crippen molar-refractivity contribution in [3.05, 3.63) is 47.7 Å². The third-order valence-electron chi connectivity index (χ3n) is 5.19. The zero-order valence-corrected chi connectivity index (χ0v) is 15.7. The summed E-state index contributed by atoms with van der Waals surface area (Å²) in [6.07, 6.45) is 1.81. The van der Waals surface area contributed by atoms with Crippen molar-refractivity contribution in [3.63, 3.8) is 0 Å². The van der Waals surface area contributed by atoms with Crippen molar-refractivity contribution in [2.45, 2.75) is 6.92 Å². The molecule has 0 bridgehead atoms. The summed E-state index contributed by atoms with van der Waals surface area (Å²) in [5.41, 5.74) is 3.00. The summed E-state index contributed by atoms with van der Waals surface area (Å²) in [5.74, 6) is 0.976. The number of carbonyl (C=O) groups is 1. The number of hydrogen-bond donors (Lipinski definition) is 0. The fraction of sp³-hybridized carbons (Fsp3) is 0.450. The first kappa shape index (κ1) is 17.7. The standard InChI is InChI=1S/C20H25N5O2/c1-16-2-4-17(5-3-16)20(26)25-8-6-24(7-9-25)19-14-18(15-21-22-19)23-10-12-27-13-11-23/h2-5,14-15H,6-13H2,1H3. The van der Waals surface area contributed by atoms with Crippen molar-refractivity contribution in [1.82, 2.24) is 15.1 Å². The van der Waals surface area contributed by atoms with Crippen LogP contribution in [0.1, 0.15) is 15.9 Å². The maximum absolute atomic E-state index is 12.7. The Morgan fingerprint density at radius 1 is 0.963 bits per heavy atom. The van der Waals surface area contributed by atoms with Gasteiger partial charge in [0.2, 0.25) is 0 Å². The number of ether oxygens (including phenoxy) is 1. The van der Waals surface area contributed by atoms with Gasteiger partial charge in [-0.1, -0.05) is 17.7 Å². The van der Waals surface area contributed by atoms with Crippen LogP contribution in [-0.4, -0.2) is 73.5 Å². The number of nitrogens with zero attached hydrogens (tertiary/aromatic N) is 5. The molecular formula is C20H25N5O2. The summed E-state index contributed by atoms with van der Waals surface area (Å²) in [6, 6.07) is 9.87. The SMILES string of the molecule is Cc1ccc(C(=O)N2CCN(c3cc(N4CCOCC4)cnn3)CC2)cc1. The smallest absolute Gasteiger partial charge is 0.253 e. The maximum Gasteiger partial charge on any atom is 0.253 e. The molecule has 0 N–H and O–H groups in total. The lowest BCUT2D eigenvalue weighted by Gasteiger charge is -2.36.